The van der Waals surface area contributed by atoms with Crippen LogP contribution in [0.4, 0.5) is 5.69 Å². The molecule has 2 aromatic rings. The topological polar surface area (TPSA) is 83.7 Å². The lowest BCUT2D eigenvalue weighted by molar-refractivity contribution is -0.131. The summed E-state index contributed by atoms with van der Waals surface area (Å²) >= 11 is 0. The van der Waals surface area contributed by atoms with E-state index in [2.05, 4.69) is 36.1 Å². The number of fused-ring (bicyclic) bond motifs is 1. The third-order valence-electron chi connectivity index (χ3n) is 6.38. The molecule has 6 nitrogen and oxygen atoms in total. The Bertz CT molecular complexity index is 1020. The van der Waals surface area contributed by atoms with Crippen molar-refractivity contribution in [1.29, 1.82) is 0 Å². The van der Waals surface area contributed by atoms with Crippen LogP contribution in [0.5, 0.6) is 0 Å². The van der Waals surface area contributed by atoms with Gasteiger partial charge in [0.05, 0.1) is 11.4 Å². The number of anilines is 1. The molecule has 7 heteroatoms. The summed E-state index contributed by atoms with van der Waals surface area (Å²) in [5.74, 6) is 0.767. The molecule has 30 heavy (non-hydrogen) atoms. The van der Waals surface area contributed by atoms with Gasteiger partial charge in [0.15, 0.2) is 0 Å². The fraction of sp³-hybridized carbons (Fsp3) is 0.435. The van der Waals surface area contributed by atoms with Gasteiger partial charge in [0, 0.05) is 24.8 Å². The number of primary sulfonamides is 1. The molecule has 2 aromatic carbocycles. The second-order valence-corrected chi connectivity index (χ2v) is 10.1. The molecular formula is C23H29N3O3S. The normalized spacial score (nSPS) is 19.7. The molecule has 0 saturated carbocycles. The van der Waals surface area contributed by atoms with Gasteiger partial charge < -0.3 is 9.80 Å². The molecule has 0 aliphatic carbocycles. The Morgan fingerprint density at radius 3 is 2.47 bits per heavy atom. The van der Waals surface area contributed by atoms with Crippen LogP contribution in [0.25, 0.3) is 0 Å². The molecule has 4 rings (SSSR count). The number of benzene rings is 2. The van der Waals surface area contributed by atoms with Crippen molar-refractivity contribution >= 4 is 21.6 Å². The zero-order valence-electron chi connectivity index (χ0n) is 17.3. The first kappa shape index (κ1) is 20.9. The van der Waals surface area contributed by atoms with Crippen LogP contribution in [0, 0.1) is 5.92 Å². The summed E-state index contributed by atoms with van der Waals surface area (Å²) in [7, 11) is -3.72. The van der Waals surface area contributed by atoms with Gasteiger partial charge in [-0.2, -0.15) is 0 Å². The van der Waals surface area contributed by atoms with Gasteiger partial charge in [-0.05, 0) is 67.9 Å². The lowest BCUT2D eigenvalue weighted by Crippen LogP contribution is -2.45. The van der Waals surface area contributed by atoms with Crippen molar-refractivity contribution in [2.75, 3.05) is 24.5 Å². The van der Waals surface area contributed by atoms with E-state index in [0.29, 0.717) is 18.9 Å². The van der Waals surface area contributed by atoms with E-state index in [0.717, 1.165) is 43.6 Å². The highest BCUT2D eigenvalue weighted by molar-refractivity contribution is 7.89. The second-order valence-electron chi connectivity index (χ2n) is 8.53. The number of rotatable bonds is 5. The lowest BCUT2D eigenvalue weighted by atomic mass is 9.90. The van der Waals surface area contributed by atoms with E-state index >= 15 is 0 Å². The summed E-state index contributed by atoms with van der Waals surface area (Å²) in [5.41, 5.74) is 3.23. The zero-order valence-corrected chi connectivity index (χ0v) is 18.1. The predicted octanol–water partition coefficient (Wildman–Crippen LogP) is 2.57. The Kier molecular flexibility index (Phi) is 5.84. The number of hydrogen-bond acceptors (Lipinski definition) is 4. The molecule has 2 aliphatic heterocycles. The third kappa shape index (κ3) is 4.52. The van der Waals surface area contributed by atoms with Crippen molar-refractivity contribution < 1.29 is 13.2 Å². The molecule has 1 amide bonds. The molecule has 0 spiro atoms. The van der Waals surface area contributed by atoms with E-state index in [-0.39, 0.29) is 16.8 Å². The SMILES string of the molecule is C[C@H]1Cc2cc(S(N)(=O)=O)ccc2N1CC(=O)N1CCC(Cc2ccccc2)CC1. The van der Waals surface area contributed by atoms with Gasteiger partial charge in [0.2, 0.25) is 15.9 Å². The maximum Gasteiger partial charge on any atom is 0.242 e. The molecule has 160 valence electrons. The van der Waals surface area contributed by atoms with Crippen molar-refractivity contribution in [2.45, 2.75) is 43.5 Å². The Morgan fingerprint density at radius 1 is 1.10 bits per heavy atom. The summed E-state index contributed by atoms with van der Waals surface area (Å²) in [5, 5.41) is 5.26. The van der Waals surface area contributed by atoms with E-state index in [9.17, 15) is 13.2 Å². The van der Waals surface area contributed by atoms with Crippen LogP contribution in [-0.4, -0.2) is 44.9 Å². The van der Waals surface area contributed by atoms with E-state index in [1.54, 1.807) is 12.1 Å². The number of sulfonamides is 1. The molecule has 1 atom stereocenters. The largest absolute Gasteiger partial charge is 0.359 e. The van der Waals surface area contributed by atoms with Gasteiger partial charge in [-0.3, -0.25) is 4.79 Å². The summed E-state index contributed by atoms with van der Waals surface area (Å²) in [6, 6.07) is 15.6. The minimum absolute atomic E-state index is 0.127. The van der Waals surface area contributed by atoms with Crippen LogP contribution >= 0.6 is 0 Å². The van der Waals surface area contributed by atoms with E-state index < -0.39 is 10.0 Å². The fourth-order valence-electron chi connectivity index (χ4n) is 4.67. The summed E-state index contributed by atoms with van der Waals surface area (Å²) < 4.78 is 23.3. The minimum Gasteiger partial charge on any atom is -0.359 e. The molecule has 2 N–H and O–H groups in total. The first-order chi connectivity index (χ1) is 14.3. The fourth-order valence-corrected chi connectivity index (χ4v) is 5.23. The molecular weight excluding hydrogens is 398 g/mol. The highest BCUT2D eigenvalue weighted by atomic mass is 32.2. The third-order valence-corrected chi connectivity index (χ3v) is 7.29. The van der Waals surface area contributed by atoms with Crippen molar-refractivity contribution in [3.8, 4) is 0 Å². The average molecular weight is 428 g/mol. The Hall–Kier alpha value is -2.38. The molecule has 1 saturated heterocycles. The van der Waals surface area contributed by atoms with Crippen LogP contribution < -0.4 is 10.0 Å². The number of carbonyl (C=O) groups excluding carboxylic acids is 1. The van der Waals surface area contributed by atoms with Gasteiger partial charge >= 0.3 is 0 Å². The summed E-state index contributed by atoms with van der Waals surface area (Å²) in [6.07, 6.45) is 3.85. The quantitative estimate of drug-likeness (QED) is 0.795. The van der Waals surface area contributed by atoms with Crippen molar-refractivity contribution in [2.24, 2.45) is 11.1 Å². The van der Waals surface area contributed by atoms with Gasteiger partial charge in [-0.25, -0.2) is 13.6 Å². The maximum atomic E-state index is 13.0. The maximum absolute atomic E-state index is 13.0. The lowest BCUT2D eigenvalue weighted by Gasteiger charge is -2.34. The number of likely N-dealkylation sites (tertiary alicyclic amines) is 1. The molecule has 2 aliphatic rings. The predicted molar refractivity (Wildman–Crippen MR) is 118 cm³/mol. The van der Waals surface area contributed by atoms with Crippen molar-refractivity contribution in [3.63, 3.8) is 0 Å². The Balaban J connectivity index is 1.36. The smallest absolute Gasteiger partial charge is 0.242 e. The van der Waals surface area contributed by atoms with Crippen LogP contribution in [0.15, 0.2) is 53.4 Å². The van der Waals surface area contributed by atoms with Gasteiger partial charge in [-0.15, -0.1) is 0 Å². The average Bonchev–Trinajstić information content (AvgIpc) is 3.03. The number of carbonyl (C=O) groups is 1. The number of nitrogens with two attached hydrogens (primary N) is 1. The van der Waals surface area contributed by atoms with Gasteiger partial charge in [0.1, 0.15) is 0 Å². The number of amides is 1. The Labute approximate surface area is 178 Å². The monoisotopic (exact) mass is 427 g/mol. The van der Waals surface area contributed by atoms with Gasteiger partial charge in [-0.1, -0.05) is 30.3 Å². The summed E-state index contributed by atoms with van der Waals surface area (Å²) in [4.78, 5) is 17.2. The molecule has 0 radical (unpaired) electrons. The molecule has 1 fully saturated rings. The van der Waals surface area contributed by atoms with Gasteiger partial charge in [0.25, 0.3) is 0 Å². The standard InChI is InChI=1S/C23H29N3O3S/c1-17-13-20-15-21(30(24,28)29)7-8-22(20)26(17)16-23(27)25-11-9-19(10-12-25)14-18-5-3-2-4-6-18/h2-8,15,17,19H,9-14,16H2,1H3,(H2,24,28,29)/t17-/m0/s1. The molecule has 0 unspecified atom stereocenters. The van der Waals surface area contributed by atoms with E-state index in [1.165, 1.54) is 11.6 Å². The zero-order chi connectivity index (χ0) is 21.3. The van der Waals surface area contributed by atoms with E-state index in [1.807, 2.05) is 11.0 Å². The van der Waals surface area contributed by atoms with E-state index in [4.69, 9.17) is 5.14 Å². The van der Waals surface area contributed by atoms with Crippen LogP contribution in [-0.2, 0) is 27.7 Å². The van der Waals surface area contributed by atoms with Crippen LogP contribution in [0.2, 0.25) is 0 Å². The van der Waals surface area contributed by atoms with Crippen LogP contribution in [0.1, 0.15) is 30.9 Å². The first-order valence-electron chi connectivity index (χ1n) is 10.6. The first-order valence-corrected chi connectivity index (χ1v) is 12.1. The van der Waals surface area contributed by atoms with Crippen molar-refractivity contribution in [1.82, 2.24) is 4.90 Å². The number of piperidine rings is 1. The summed E-state index contributed by atoms with van der Waals surface area (Å²) in [6.45, 7) is 3.99. The highest BCUT2D eigenvalue weighted by Crippen LogP contribution is 2.33. The van der Waals surface area contributed by atoms with Crippen molar-refractivity contribution in [3.05, 3.63) is 59.7 Å². The number of hydrogen-bond donors (Lipinski definition) is 1. The highest BCUT2D eigenvalue weighted by Gasteiger charge is 2.31. The second kappa shape index (κ2) is 8.40. The Morgan fingerprint density at radius 2 is 1.80 bits per heavy atom. The molecule has 0 aromatic heterocycles. The minimum atomic E-state index is -3.72. The number of nitrogens with zero attached hydrogens (tertiary/aromatic N) is 2. The molecule has 2 heterocycles. The molecule has 0 bridgehead atoms. The van der Waals surface area contributed by atoms with Crippen LogP contribution in [0.3, 0.4) is 0 Å².